The second-order valence-corrected chi connectivity index (χ2v) is 4.86. The number of nitrogens with one attached hydrogen (secondary N) is 1. The van der Waals surface area contributed by atoms with Crippen LogP contribution in [0.4, 0.5) is 5.69 Å². The second-order valence-electron chi connectivity index (χ2n) is 4.86. The molecule has 4 heteroatoms. The van der Waals surface area contributed by atoms with Gasteiger partial charge in [0.1, 0.15) is 5.58 Å². The minimum absolute atomic E-state index is 0.157. The maximum absolute atomic E-state index is 12.1. The average molecular weight is 256 g/mol. The van der Waals surface area contributed by atoms with Crippen LogP contribution in [-0.4, -0.2) is 11.9 Å². The molecule has 0 saturated heterocycles. The van der Waals surface area contributed by atoms with Gasteiger partial charge in [0.2, 0.25) is 0 Å². The molecule has 0 fully saturated rings. The second kappa shape index (κ2) is 4.80. The standard InChI is InChI=1S/C15H16N2O2/c16-11-6-7-13-10(8-11)9-14(19-13)15(18)17-12-4-2-1-3-5-12/h1-2,6-9,12H,3-5,16H2,(H,17,18). The molecule has 0 radical (unpaired) electrons. The molecule has 0 bridgehead atoms. The molecule has 0 spiro atoms. The number of nitrogens with two attached hydrogens (primary N) is 1. The number of amides is 1. The Labute approximate surface area is 111 Å². The molecule has 0 aliphatic heterocycles. The first kappa shape index (κ1) is 11.8. The molecule has 1 amide bonds. The number of carbonyl (C=O) groups excluding carboxylic acids is 1. The molecule has 1 aliphatic carbocycles. The summed E-state index contributed by atoms with van der Waals surface area (Å²) in [6.45, 7) is 0. The van der Waals surface area contributed by atoms with E-state index in [2.05, 4.69) is 17.5 Å². The van der Waals surface area contributed by atoms with Crippen molar-refractivity contribution in [3.05, 3.63) is 42.2 Å². The number of hydrogen-bond acceptors (Lipinski definition) is 3. The molecule has 98 valence electrons. The number of hydrogen-bond donors (Lipinski definition) is 2. The van der Waals surface area contributed by atoms with Gasteiger partial charge in [0.05, 0.1) is 0 Å². The van der Waals surface area contributed by atoms with E-state index in [-0.39, 0.29) is 11.9 Å². The lowest BCUT2D eigenvalue weighted by molar-refractivity contribution is 0.0909. The molecule has 4 nitrogen and oxygen atoms in total. The van der Waals surface area contributed by atoms with E-state index in [9.17, 15) is 4.79 Å². The van der Waals surface area contributed by atoms with Gasteiger partial charge in [0.15, 0.2) is 5.76 Å². The van der Waals surface area contributed by atoms with Gasteiger partial charge >= 0.3 is 0 Å². The summed E-state index contributed by atoms with van der Waals surface area (Å²) in [7, 11) is 0. The highest BCUT2D eigenvalue weighted by molar-refractivity contribution is 5.96. The summed E-state index contributed by atoms with van der Waals surface area (Å²) in [4.78, 5) is 12.1. The summed E-state index contributed by atoms with van der Waals surface area (Å²) in [6.07, 6.45) is 7.14. The van der Waals surface area contributed by atoms with E-state index < -0.39 is 0 Å². The number of benzene rings is 1. The Morgan fingerprint density at radius 2 is 2.21 bits per heavy atom. The molecular formula is C15H16N2O2. The van der Waals surface area contributed by atoms with Gasteiger partial charge in [0.25, 0.3) is 5.91 Å². The van der Waals surface area contributed by atoms with E-state index >= 15 is 0 Å². The van der Waals surface area contributed by atoms with Gasteiger partial charge in [-0.15, -0.1) is 0 Å². The topological polar surface area (TPSA) is 68.3 Å². The zero-order chi connectivity index (χ0) is 13.2. The molecule has 1 aliphatic rings. The van der Waals surface area contributed by atoms with Crippen molar-refractivity contribution < 1.29 is 9.21 Å². The summed E-state index contributed by atoms with van der Waals surface area (Å²) in [5, 5.41) is 3.85. The first-order valence-corrected chi connectivity index (χ1v) is 6.47. The average Bonchev–Trinajstić information content (AvgIpc) is 2.83. The molecule has 2 aromatic rings. The highest BCUT2D eigenvalue weighted by atomic mass is 16.3. The van der Waals surface area contributed by atoms with Crippen LogP contribution >= 0.6 is 0 Å². The van der Waals surface area contributed by atoms with Crippen LogP contribution in [0.15, 0.2) is 40.8 Å². The summed E-state index contributed by atoms with van der Waals surface area (Å²) >= 11 is 0. The fourth-order valence-corrected chi connectivity index (χ4v) is 2.35. The lowest BCUT2D eigenvalue weighted by Crippen LogP contribution is -2.35. The van der Waals surface area contributed by atoms with E-state index in [0.29, 0.717) is 17.0 Å². The number of anilines is 1. The monoisotopic (exact) mass is 256 g/mol. The molecule has 1 atom stereocenters. The zero-order valence-corrected chi connectivity index (χ0v) is 10.6. The summed E-state index contributed by atoms with van der Waals surface area (Å²) in [5.41, 5.74) is 7.06. The van der Waals surface area contributed by atoms with Crippen LogP contribution in [0.5, 0.6) is 0 Å². The van der Waals surface area contributed by atoms with Gasteiger partial charge in [-0.2, -0.15) is 0 Å². The van der Waals surface area contributed by atoms with Gasteiger partial charge in [-0.05, 0) is 43.5 Å². The van der Waals surface area contributed by atoms with E-state index in [0.717, 1.165) is 24.6 Å². The van der Waals surface area contributed by atoms with Gasteiger partial charge < -0.3 is 15.5 Å². The largest absolute Gasteiger partial charge is 0.451 e. The Morgan fingerprint density at radius 3 is 3.00 bits per heavy atom. The van der Waals surface area contributed by atoms with Gasteiger partial charge in [-0.3, -0.25) is 4.79 Å². The Morgan fingerprint density at radius 1 is 1.32 bits per heavy atom. The number of carbonyl (C=O) groups is 1. The molecule has 1 aromatic carbocycles. The van der Waals surface area contributed by atoms with Crippen molar-refractivity contribution in [2.45, 2.75) is 25.3 Å². The Balaban J connectivity index is 1.79. The minimum Gasteiger partial charge on any atom is -0.451 e. The van der Waals surface area contributed by atoms with Crippen molar-refractivity contribution in [2.75, 3.05) is 5.73 Å². The van der Waals surface area contributed by atoms with Crippen LogP contribution in [0, 0.1) is 0 Å². The molecule has 0 saturated carbocycles. The quantitative estimate of drug-likeness (QED) is 0.641. The van der Waals surface area contributed by atoms with E-state index in [1.165, 1.54) is 0 Å². The lowest BCUT2D eigenvalue weighted by Gasteiger charge is -2.18. The van der Waals surface area contributed by atoms with Crippen LogP contribution in [0.2, 0.25) is 0 Å². The molecule has 19 heavy (non-hydrogen) atoms. The SMILES string of the molecule is Nc1ccc2oc(C(=O)NC3CC=CCC3)cc2c1. The predicted octanol–water partition coefficient (Wildman–Crippen LogP) is 2.85. The minimum atomic E-state index is -0.157. The smallest absolute Gasteiger partial charge is 0.287 e. The summed E-state index contributed by atoms with van der Waals surface area (Å²) in [6, 6.07) is 7.29. The summed E-state index contributed by atoms with van der Waals surface area (Å²) in [5.74, 6) is 0.185. The molecule has 1 aromatic heterocycles. The zero-order valence-electron chi connectivity index (χ0n) is 10.6. The van der Waals surface area contributed by atoms with Gasteiger partial charge in [-0.1, -0.05) is 12.2 Å². The predicted molar refractivity (Wildman–Crippen MR) is 74.9 cm³/mol. The third kappa shape index (κ3) is 2.47. The highest BCUT2D eigenvalue weighted by Crippen LogP contribution is 2.22. The van der Waals surface area contributed by atoms with Crippen LogP contribution in [0.3, 0.4) is 0 Å². The highest BCUT2D eigenvalue weighted by Gasteiger charge is 2.17. The first-order valence-electron chi connectivity index (χ1n) is 6.47. The van der Waals surface area contributed by atoms with E-state index in [1.54, 1.807) is 24.3 Å². The lowest BCUT2D eigenvalue weighted by atomic mass is 10.0. The van der Waals surface area contributed by atoms with Crippen LogP contribution in [0.25, 0.3) is 11.0 Å². The Bertz CT molecular complexity index is 643. The fraction of sp³-hybridized carbons (Fsp3) is 0.267. The van der Waals surface area contributed by atoms with E-state index in [4.69, 9.17) is 10.2 Å². The van der Waals surface area contributed by atoms with Crippen LogP contribution in [0.1, 0.15) is 29.8 Å². The number of furan rings is 1. The third-order valence-electron chi connectivity index (χ3n) is 3.37. The number of allylic oxidation sites excluding steroid dienone is 1. The number of rotatable bonds is 2. The Hall–Kier alpha value is -2.23. The first-order chi connectivity index (χ1) is 9.22. The molecule has 3 N–H and O–H groups in total. The molecular weight excluding hydrogens is 240 g/mol. The molecule has 1 heterocycles. The van der Waals surface area contributed by atoms with Crippen LogP contribution in [-0.2, 0) is 0 Å². The van der Waals surface area contributed by atoms with Crippen molar-refractivity contribution in [3.8, 4) is 0 Å². The normalized spacial score (nSPS) is 18.6. The maximum Gasteiger partial charge on any atom is 0.287 e. The number of fused-ring (bicyclic) bond motifs is 1. The van der Waals surface area contributed by atoms with E-state index in [1.807, 2.05) is 0 Å². The maximum atomic E-state index is 12.1. The van der Waals surface area contributed by atoms with Crippen molar-refractivity contribution in [2.24, 2.45) is 0 Å². The van der Waals surface area contributed by atoms with Crippen LogP contribution < -0.4 is 11.1 Å². The van der Waals surface area contributed by atoms with Crippen molar-refractivity contribution >= 4 is 22.6 Å². The van der Waals surface area contributed by atoms with Gasteiger partial charge in [0, 0.05) is 17.1 Å². The molecule has 3 rings (SSSR count). The van der Waals surface area contributed by atoms with Gasteiger partial charge in [-0.25, -0.2) is 0 Å². The third-order valence-corrected chi connectivity index (χ3v) is 3.37. The molecule has 1 unspecified atom stereocenters. The van der Waals surface area contributed by atoms with Crippen molar-refractivity contribution in [1.82, 2.24) is 5.32 Å². The Kier molecular flexibility index (Phi) is 2.99. The van der Waals surface area contributed by atoms with Crippen molar-refractivity contribution in [1.29, 1.82) is 0 Å². The summed E-state index contributed by atoms with van der Waals surface area (Å²) < 4.78 is 5.54. The fourth-order valence-electron chi connectivity index (χ4n) is 2.35. The van der Waals surface area contributed by atoms with Crippen molar-refractivity contribution in [3.63, 3.8) is 0 Å². The number of nitrogen functional groups attached to an aromatic ring is 1.